The Labute approximate surface area is 195 Å². The number of amides is 1. The molecule has 0 aliphatic carbocycles. The summed E-state index contributed by atoms with van der Waals surface area (Å²) in [5.41, 5.74) is 0.0364. The molecule has 0 aliphatic heterocycles. The van der Waals surface area contributed by atoms with Crippen molar-refractivity contribution in [2.75, 3.05) is 4.72 Å². The molecule has 8 nitrogen and oxygen atoms in total. The Morgan fingerprint density at radius 1 is 1.12 bits per heavy atom. The van der Waals surface area contributed by atoms with Crippen LogP contribution in [-0.4, -0.2) is 30.1 Å². The van der Waals surface area contributed by atoms with Gasteiger partial charge in [0.05, 0.1) is 33.1 Å². The van der Waals surface area contributed by atoms with Gasteiger partial charge in [0, 0.05) is 6.04 Å². The van der Waals surface area contributed by atoms with Gasteiger partial charge in [0.2, 0.25) is 0 Å². The first-order chi connectivity index (χ1) is 15.1. The maximum absolute atomic E-state index is 12.9. The van der Waals surface area contributed by atoms with Gasteiger partial charge in [0.1, 0.15) is 5.02 Å². The Morgan fingerprint density at radius 2 is 1.78 bits per heavy atom. The molecule has 1 heterocycles. The summed E-state index contributed by atoms with van der Waals surface area (Å²) in [5, 5.41) is 6.56. The van der Waals surface area contributed by atoms with Gasteiger partial charge in [0.15, 0.2) is 0 Å². The van der Waals surface area contributed by atoms with E-state index in [1.54, 1.807) is 18.2 Å². The van der Waals surface area contributed by atoms with Gasteiger partial charge < -0.3 is 5.32 Å². The molecular formula is C21H20Cl2N4O4S. The number of nitrogens with zero attached hydrogens (tertiary/aromatic N) is 2. The van der Waals surface area contributed by atoms with Gasteiger partial charge >= 0.3 is 0 Å². The molecule has 0 saturated carbocycles. The SMILES string of the molecule is CCC(C)NC(=O)c1ccccc1NS(=O)(=O)c1ccc(-n2ncc(Cl)c(Cl)c2=O)cc1. The van der Waals surface area contributed by atoms with Crippen LogP contribution in [0.1, 0.15) is 30.6 Å². The number of hydrogen-bond donors (Lipinski definition) is 2. The van der Waals surface area contributed by atoms with Gasteiger partial charge in [0.25, 0.3) is 21.5 Å². The van der Waals surface area contributed by atoms with Crippen molar-refractivity contribution in [3.8, 4) is 5.69 Å². The average Bonchev–Trinajstić information content (AvgIpc) is 2.77. The molecule has 1 amide bonds. The van der Waals surface area contributed by atoms with Crippen LogP contribution >= 0.6 is 23.2 Å². The minimum Gasteiger partial charge on any atom is -0.350 e. The van der Waals surface area contributed by atoms with Crippen molar-refractivity contribution in [1.29, 1.82) is 0 Å². The molecule has 0 aliphatic rings. The predicted molar refractivity (Wildman–Crippen MR) is 124 cm³/mol. The molecule has 0 bridgehead atoms. The van der Waals surface area contributed by atoms with Gasteiger partial charge in [-0.15, -0.1) is 0 Å². The maximum atomic E-state index is 12.9. The number of hydrogen-bond acceptors (Lipinski definition) is 5. The third-order valence-corrected chi connectivity index (χ3v) is 6.80. The fourth-order valence-electron chi connectivity index (χ4n) is 2.74. The van der Waals surface area contributed by atoms with Crippen LogP contribution in [0.4, 0.5) is 5.69 Å². The fourth-order valence-corrected chi connectivity index (χ4v) is 4.07. The van der Waals surface area contributed by atoms with E-state index in [4.69, 9.17) is 23.2 Å². The summed E-state index contributed by atoms with van der Waals surface area (Å²) in [6.45, 7) is 3.80. The third-order valence-electron chi connectivity index (χ3n) is 4.67. The van der Waals surface area contributed by atoms with Gasteiger partial charge in [-0.05, 0) is 49.7 Å². The second-order valence-corrected chi connectivity index (χ2v) is 9.42. The van der Waals surface area contributed by atoms with Gasteiger partial charge in [-0.2, -0.15) is 9.78 Å². The number of carbonyl (C=O) groups is 1. The zero-order valence-corrected chi connectivity index (χ0v) is 19.5. The van der Waals surface area contributed by atoms with E-state index >= 15 is 0 Å². The van der Waals surface area contributed by atoms with Crippen molar-refractivity contribution < 1.29 is 13.2 Å². The van der Waals surface area contributed by atoms with E-state index in [1.165, 1.54) is 36.5 Å². The van der Waals surface area contributed by atoms with E-state index in [1.807, 2.05) is 13.8 Å². The molecule has 0 spiro atoms. The van der Waals surface area contributed by atoms with Crippen LogP contribution in [0.5, 0.6) is 0 Å². The van der Waals surface area contributed by atoms with Gasteiger partial charge in [-0.3, -0.25) is 14.3 Å². The highest BCUT2D eigenvalue weighted by atomic mass is 35.5. The number of halogens is 2. The van der Waals surface area contributed by atoms with Crippen molar-refractivity contribution in [2.45, 2.75) is 31.2 Å². The van der Waals surface area contributed by atoms with Crippen LogP contribution in [-0.2, 0) is 10.0 Å². The van der Waals surface area contributed by atoms with Crippen LogP contribution in [0, 0.1) is 0 Å². The number of para-hydroxylation sites is 1. The minimum atomic E-state index is -4.01. The number of nitrogens with one attached hydrogen (secondary N) is 2. The molecule has 2 N–H and O–H groups in total. The van der Waals surface area contributed by atoms with E-state index in [2.05, 4.69) is 15.1 Å². The van der Waals surface area contributed by atoms with Crippen molar-refractivity contribution >= 4 is 44.8 Å². The smallest absolute Gasteiger partial charge is 0.291 e. The van der Waals surface area contributed by atoms with Gasteiger partial charge in [-0.1, -0.05) is 42.3 Å². The highest BCUT2D eigenvalue weighted by Gasteiger charge is 2.20. The predicted octanol–water partition coefficient (Wildman–Crippen LogP) is 3.87. The molecule has 3 aromatic rings. The van der Waals surface area contributed by atoms with Crippen molar-refractivity contribution in [3.63, 3.8) is 0 Å². The minimum absolute atomic E-state index is 0.0207. The highest BCUT2D eigenvalue weighted by molar-refractivity contribution is 7.92. The van der Waals surface area contributed by atoms with E-state index in [9.17, 15) is 18.0 Å². The largest absolute Gasteiger partial charge is 0.350 e. The first-order valence-electron chi connectivity index (χ1n) is 9.60. The van der Waals surface area contributed by atoms with E-state index in [0.717, 1.165) is 11.1 Å². The van der Waals surface area contributed by atoms with Crippen molar-refractivity contribution in [1.82, 2.24) is 15.1 Å². The molecule has 168 valence electrons. The monoisotopic (exact) mass is 494 g/mol. The lowest BCUT2D eigenvalue weighted by molar-refractivity contribution is 0.0940. The Bertz CT molecular complexity index is 1310. The van der Waals surface area contributed by atoms with E-state index in [-0.39, 0.29) is 38.1 Å². The summed E-state index contributed by atoms with van der Waals surface area (Å²) in [4.78, 5) is 24.7. The molecule has 2 aromatic carbocycles. The normalized spacial score (nSPS) is 12.2. The number of sulfonamides is 1. The number of rotatable bonds is 7. The second-order valence-electron chi connectivity index (χ2n) is 6.95. The fraction of sp³-hybridized carbons (Fsp3) is 0.190. The van der Waals surface area contributed by atoms with Crippen LogP contribution in [0.2, 0.25) is 10.0 Å². The molecule has 1 atom stereocenters. The summed E-state index contributed by atoms with van der Waals surface area (Å²) in [6, 6.07) is 11.7. The molecule has 0 saturated heterocycles. The second kappa shape index (κ2) is 9.72. The highest BCUT2D eigenvalue weighted by Crippen LogP contribution is 2.22. The lowest BCUT2D eigenvalue weighted by Gasteiger charge is -2.15. The lowest BCUT2D eigenvalue weighted by atomic mass is 10.1. The molecule has 0 fully saturated rings. The quantitative estimate of drug-likeness (QED) is 0.517. The van der Waals surface area contributed by atoms with Crippen LogP contribution < -0.4 is 15.6 Å². The molecule has 0 radical (unpaired) electrons. The van der Waals surface area contributed by atoms with Crippen LogP contribution in [0.25, 0.3) is 5.69 Å². The average molecular weight is 495 g/mol. The molecule has 1 aromatic heterocycles. The number of carbonyl (C=O) groups excluding carboxylic acids is 1. The van der Waals surface area contributed by atoms with Crippen molar-refractivity contribution in [2.24, 2.45) is 0 Å². The summed E-state index contributed by atoms with van der Waals surface area (Å²) in [5.74, 6) is -0.377. The summed E-state index contributed by atoms with van der Waals surface area (Å²) >= 11 is 11.6. The van der Waals surface area contributed by atoms with Crippen LogP contribution in [0.15, 0.2) is 64.4 Å². The molecule has 3 rings (SSSR count). The number of anilines is 1. The summed E-state index contributed by atoms with van der Waals surface area (Å²) in [6.07, 6.45) is 1.96. The topological polar surface area (TPSA) is 110 Å². The third kappa shape index (κ3) is 5.12. The molecule has 1 unspecified atom stereocenters. The molecular weight excluding hydrogens is 475 g/mol. The Morgan fingerprint density at radius 3 is 2.44 bits per heavy atom. The van der Waals surface area contributed by atoms with Gasteiger partial charge in [-0.25, -0.2) is 8.42 Å². The van der Waals surface area contributed by atoms with Crippen LogP contribution in [0.3, 0.4) is 0 Å². The zero-order chi connectivity index (χ0) is 23.5. The van der Waals surface area contributed by atoms with E-state index < -0.39 is 15.6 Å². The Balaban J connectivity index is 1.88. The number of aromatic nitrogens is 2. The summed E-state index contributed by atoms with van der Waals surface area (Å²) < 4.78 is 29.3. The standard InChI is InChI=1S/C21H20Cl2N4O4S/c1-3-13(2)25-20(28)16-6-4-5-7-18(16)26-32(30,31)15-10-8-14(9-11-15)27-21(29)19(23)17(22)12-24-27/h4-13,26H,3H2,1-2H3,(H,25,28). The van der Waals surface area contributed by atoms with Crippen molar-refractivity contribution in [3.05, 3.63) is 80.7 Å². The number of benzene rings is 2. The molecule has 11 heteroatoms. The Hall–Kier alpha value is -2.88. The Kier molecular flexibility index (Phi) is 7.22. The lowest BCUT2D eigenvalue weighted by Crippen LogP contribution is -2.32. The van der Waals surface area contributed by atoms with E-state index in [0.29, 0.717) is 5.69 Å². The maximum Gasteiger partial charge on any atom is 0.291 e. The zero-order valence-electron chi connectivity index (χ0n) is 17.2. The molecule has 32 heavy (non-hydrogen) atoms. The first kappa shape index (κ1) is 23.8. The summed E-state index contributed by atoms with van der Waals surface area (Å²) in [7, 11) is -4.01. The first-order valence-corrected chi connectivity index (χ1v) is 11.8.